The summed E-state index contributed by atoms with van der Waals surface area (Å²) in [5, 5.41) is 3.59. The Hall–Kier alpha value is -1.60. The fourth-order valence-electron chi connectivity index (χ4n) is 1.36. The Morgan fingerprint density at radius 1 is 1.28 bits per heavy atom. The van der Waals surface area contributed by atoms with Crippen LogP contribution < -0.4 is 5.32 Å². The quantitative estimate of drug-likeness (QED) is 0.849. The molecule has 1 aromatic heterocycles. The first-order chi connectivity index (χ1) is 8.69. The Morgan fingerprint density at radius 2 is 2.00 bits per heavy atom. The van der Waals surface area contributed by atoms with Crippen molar-refractivity contribution >= 4 is 16.7 Å². The molecule has 1 N–H and O–H groups in total. The molecule has 0 saturated heterocycles. The second-order valence-corrected chi connectivity index (χ2v) is 4.25. The van der Waals surface area contributed by atoms with Crippen molar-refractivity contribution in [2.45, 2.75) is 0 Å². The van der Waals surface area contributed by atoms with Crippen molar-refractivity contribution in [1.82, 2.24) is 9.36 Å². The lowest BCUT2D eigenvalue weighted by molar-refractivity contribution is 0.211. The highest BCUT2D eigenvalue weighted by atomic mass is 32.1. The molecular formula is C11H11F2N3OS. The largest absolute Gasteiger partial charge is 0.383 e. The number of rotatable bonds is 5. The maximum absolute atomic E-state index is 13.0. The first kappa shape index (κ1) is 12.8. The summed E-state index contributed by atoms with van der Waals surface area (Å²) in [6, 6.07) is 3.21. The highest BCUT2D eigenvalue weighted by molar-refractivity contribution is 7.09. The lowest BCUT2D eigenvalue weighted by Crippen LogP contribution is -2.07. The maximum Gasteiger partial charge on any atom is 0.202 e. The predicted octanol–water partition coefficient (Wildman–Crippen LogP) is 2.54. The third-order valence-corrected chi connectivity index (χ3v) is 2.80. The summed E-state index contributed by atoms with van der Waals surface area (Å²) in [6.07, 6.45) is 0. The molecule has 0 amide bonds. The van der Waals surface area contributed by atoms with Gasteiger partial charge in [0.25, 0.3) is 0 Å². The standard InChI is InChI=1S/C11H11F2N3OS/c1-17-3-2-14-11-15-10(16-18-11)7-4-8(12)6-9(13)5-7/h4-6H,2-3H2,1H3,(H,14,15,16). The lowest BCUT2D eigenvalue weighted by atomic mass is 10.2. The summed E-state index contributed by atoms with van der Waals surface area (Å²) >= 11 is 1.13. The Kier molecular flexibility index (Phi) is 4.16. The van der Waals surface area contributed by atoms with Crippen molar-refractivity contribution in [1.29, 1.82) is 0 Å². The zero-order valence-electron chi connectivity index (χ0n) is 9.61. The molecule has 18 heavy (non-hydrogen) atoms. The van der Waals surface area contributed by atoms with Gasteiger partial charge < -0.3 is 10.1 Å². The molecule has 0 radical (unpaired) electrons. The van der Waals surface area contributed by atoms with Crippen molar-refractivity contribution in [3.63, 3.8) is 0 Å². The van der Waals surface area contributed by atoms with Gasteiger partial charge in [0.1, 0.15) is 11.6 Å². The number of hydrogen-bond acceptors (Lipinski definition) is 5. The van der Waals surface area contributed by atoms with E-state index in [4.69, 9.17) is 4.74 Å². The van der Waals surface area contributed by atoms with Crippen molar-refractivity contribution in [3.05, 3.63) is 29.8 Å². The second-order valence-electron chi connectivity index (χ2n) is 3.50. The van der Waals surface area contributed by atoms with Crippen LogP contribution in [0.4, 0.5) is 13.9 Å². The summed E-state index contributed by atoms with van der Waals surface area (Å²) in [7, 11) is 1.60. The minimum absolute atomic E-state index is 0.304. The van der Waals surface area contributed by atoms with E-state index in [1.807, 2.05) is 0 Å². The number of halogens is 2. The van der Waals surface area contributed by atoms with Gasteiger partial charge in [0, 0.05) is 36.8 Å². The molecule has 0 aliphatic carbocycles. The first-order valence-corrected chi connectivity index (χ1v) is 5.99. The fraction of sp³-hybridized carbons (Fsp3) is 0.273. The van der Waals surface area contributed by atoms with Gasteiger partial charge in [-0.25, -0.2) is 8.78 Å². The lowest BCUT2D eigenvalue weighted by Gasteiger charge is -1.99. The number of nitrogens with one attached hydrogen (secondary N) is 1. The zero-order chi connectivity index (χ0) is 13.0. The van der Waals surface area contributed by atoms with E-state index in [0.29, 0.717) is 29.7 Å². The van der Waals surface area contributed by atoms with E-state index in [1.54, 1.807) is 7.11 Å². The van der Waals surface area contributed by atoms with Gasteiger partial charge in [-0.2, -0.15) is 9.36 Å². The molecular weight excluding hydrogens is 260 g/mol. The van der Waals surface area contributed by atoms with Gasteiger partial charge >= 0.3 is 0 Å². The van der Waals surface area contributed by atoms with Crippen LogP contribution in [-0.2, 0) is 4.74 Å². The topological polar surface area (TPSA) is 47.0 Å². The molecule has 96 valence electrons. The Bertz CT molecular complexity index is 513. The van der Waals surface area contributed by atoms with Crippen LogP contribution in [0.1, 0.15) is 0 Å². The molecule has 0 saturated carbocycles. The molecule has 2 rings (SSSR count). The van der Waals surface area contributed by atoms with Crippen LogP contribution in [0.3, 0.4) is 0 Å². The molecule has 0 bridgehead atoms. The number of ether oxygens (including phenoxy) is 1. The zero-order valence-corrected chi connectivity index (χ0v) is 10.4. The van der Waals surface area contributed by atoms with Crippen LogP contribution in [0.25, 0.3) is 11.4 Å². The summed E-state index contributed by atoms with van der Waals surface area (Å²) in [4.78, 5) is 4.14. The molecule has 0 aliphatic rings. The van der Waals surface area contributed by atoms with Crippen LogP contribution in [0.5, 0.6) is 0 Å². The minimum Gasteiger partial charge on any atom is -0.383 e. The van der Waals surface area contributed by atoms with Crippen LogP contribution in [0, 0.1) is 11.6 Å². The van der Waals surface area contributed by atoms with Gasteiger partial charge in [0.05, 0.1) is 6.61 Å². The molecule has 7 heteroatoms. The molecule has 0 atom stereocenters. The molecule has 1 heterocycles. The minimum atomic E-state index is -0.645. The Balaban J connectivity index is 2.13. The number of aromatic nitrogens is 2. The summed E-state index contributed by atoms with van der Waals surface area (Å²) in [5.74, 6) is -0.985. The van der Waals surface area contributed by atoms with Crippen LogP contribution >= 0.6 is 11.5 Å². The summed E-state index contributed by atoms with van der Waals surface area (Å²) in [6.45, 7) is 1.14. The van der Waals surface area contributed by atoms with E-state index in [9.17, 15) is 8.78 Å². The van der Waals surface area contributed by atoms with E-state index in [2.05, 4.69) is 14.7 Å². The molecule has 2 aromatic rings. The third kappa shape index (κ3) is 3.21. The summed E-state index contributed by atoms with van der Waals surface area (Å²) < 4.78 is 35.0. The number of benzene rings is 1. The smallest absolute Gasteiger partial charge is 0.202 e. The Labute approximate surface area is 107 Å². The predicted molar refractivity (Wildman–Crippen MR) is 65.6 cm³/mol. The molecule has 0 unspecified atom stereocenters. The number of anilines is 1. The fourth-order valence-corrected chi connectivity index (χ4v) is 1.97. The SMILES string of the molecule is COCCNc1nc(-c2cc(F)cc(F)c2)ns1. The second kappa shape index (κ2) is 5.83. The van der Waals surface area contributed by atoms with Crippen molar-refractivity contribution < 1.29 is 13.5 Å². The van der Waals surface area contributed by atoms with E-state index in [1.165, 1.54) is 12.1 Å². The van der Waals surface area contributed by atoms with Crippen molar-refractivity contribution in [2.24, 2.45) is 0 Å². The molecule has 1 aromatic carbocycles. The van der Waals surface area contributed by atoms with Gasteiger partial charge in [-0.3, -0.25) is 0 Å². The van der Waals surface area contributed by atoms with E-state index < -0.39 is 11.6 Å². The van der Waals surface area contributed by atoms with E-state index in [0.717, 1.165) is 17.6 Å². The molecule has 4 nitrogen and oxygen atoms in total. The number of hydrogen-bond donors (Lipinski definition) is 1. The molecule has 0 aliphatic heterocycles. The van der Waals surface area contributed by atoms with Crippen LogP contribution in [0.15, 0.2) is 18.2 Å². The third-order valence-electron chi connectivity index (χ3n) is 2.13. The number of nitrogens with zero attached hydrogens (tertiary/aromatic N) is 2. The monoisotopic (exact) mass is 271 g/mol. The highest BCUT2D eigenvalue weighted by Crippen LogP contribution is 2.22. The summed E-state index contributed by atoms with van der Waals surface area (Å²) in [5.41, 5.74) is 0.323. The van der Waals surface area contributed by atoms with E-state index in [-0.39, 0.29) is 0 Å². The van der Waals surface area contributed by atoms with E-state index >= 15 is 0 Å². The Morgan fingerprint density at radius 3 is 2.67 bits per heavy atom. The van der Waals surface area contributed by atoms with Gasteiger partial charge in [-0.15, -0.1) is 0 Å². The van der Waals surface area contributed by atoms with Crippen LogP contribution in [-0.4, -0.2) is 29.6 Å². The van der Waals surface area contributed by atoms with Crippen molar-refractivity contribution in [3.8, 4) is 11.4 Å². The highest BCUT2D eigenvalue weighted by Gasteiger charge is 2.09. The number of methoxy groups -OCH3 is 1. The maximum atomic E-state index is 13.0. The van der Waals surface area contributed by atoms with Gasteiger partial charge in [-0.05, 0) is 12.1 Å². The normalized spacial score (nSPS) is 10.6. The average molecular weight is 271 g/mol. The van der Waals surface area contributed by atoms with Crippen molar-refractivity contribution in [2.75, 3.05) is 25.6 Å². The van der Waals surface area contributed by atoms with Crippen LogP contribution in [0.2, 0.25) is 0 Å². The average Bonchev–Trinajstić information content (AvgIpc) is 2.77. The van der Waals surface area contributed by atoms with Gasteiger partial charge in [-0.1, -0.05) is 0 Å². The van der Waals surface area contributed by atoms with Gasteiger partial charge in [0.2, 0.25) is 5.13 Å². The molecule has 0 spiro atoms. The molecule has 0 fully saturated rings. The van der Waals surface area contributed by atoms with Gasteiger partial charge in [0.15, 0.2) is 5.82 Å². The first-order valence-electron chi connectivity index (χ1n) is 5.22.